The summed E-state index contributed by atoms with van der Waals surface area (Å²) in [6, 6.07) is 16.1. The standard InChI is InChI=1S/C28H29N7O4S2/c1-18-7-6-8-21(15-18)35-27(23-16-29-24-10-5-4-9-22(23)24)30-31-28(35)40-17-25(36)33-11-13-34(14-12-33)41(37,38)26-19(2)32-39-20(26)3/h4-10,15-16,29H,11-14,17H2,1-3H3. The van der Waals surface area contributed by atoms with Gasteiger partial charge in [0.05, 0.1) is 5.75 Å². The zero-order chi connectivity index (χ0) is 28.7. The maximum absolute atomic E-state index is 13.2. The van der Waals surface area contributed by atoms with Gasteiger partial charge in [-0.25, -0.2) is 8.42 Å². The van der Waals surface area contributed by atoms with Crippen LogP contribution in [-0.2, 0) is 14.8 Å². The van der Waals surface area contributed by atoms with Crippen molar-refractivity contribution in [2.75, 3.05) is 31.9 Å². The first kappa shape index (κ1) is 27.2. The highest BCUT2D eigenvalue weighted by molar-refractivity contribution is 7.99. The monoisotopic (exact) mass is 591 g/mol. The predicted octanol–water partition coefficient (Wildman–Crippen LogP) is 3.95. The first-order valence-corrected chi connectivity index (χ1v) is 15.6. The Morgan fingerprint density at radius 1 is 1.02 bits per heavy atom. The Morgan fingerprint density at radius 3 is 2.54 bits per heavy atom. The molecule has 41 heavy (non-hydrogen) atoms. The van der Waals surface area contributed by atoms with Crippen molar-refractivity contribution in [3.05, 3.63) is 71.7 Å². The van der Waals surface area contributed by atoms with Crippen LogP contribution in [0.4, 0.5) is 0 Å². The number of aromatic amines is 1. The van der Waals surface area contributed by atoms with Gasteiger partial charge in [0.1, 0.15) is 10.6 Å². The number of hydrogen-bond donors (Lipinski definition) is 1. The molecule has 0 saturated carbocycles. The minimum atomic E-state index is -3.75. The third-order valence-corrected chi connectivity index (χ3v) is 10.3. The van der Waals surface area contributed by atoms with Gasteiger partial charge >= 0.3 is 0 Å². The number of thioether (sulfide) groups is 1. The number of fused-ring (bicyclic) bond motifs is 1. The Kier molecular flexibility index (Phi) is 7.18. The molecule has 1 N–H and O–H groups in total. The van der Waals surface area contributed by atoms with Crippen LogP contribution in [0.2, 0.25) is 0 Å². The molecule has 5 aromatic rings. The van der Waals surface area contributed by atoms with Crippen molar-refractivity contribution >= 4 is 38.6 Å². The molecule has 212 valence electrons. The molecule has 0 unspecified atom stereocenters. The largest absolute Gasteiger partial charge is 0.360 e. The molecule has 3 aromatic heterocycles. The third kappa shape index (κ3) is 5.04. The highest BCUT2D eigenvalue weighted by Crippen LogP contribution is 2.33. The number of H-pyrrole nitrogens is 1. The van der Waals surface area contributed by atoms with E-state index in [0.717, 1.165) is 27.7 Å². The number of carbonyl (C=O) groups excluding carboxylic acids is 1. The fourth-order valence-corrected chi connectivity index (χ4v) is 7.73. The molecule has 0 spiro atoms. The van der Waals surface area contributed by atoms with Gasteiger partial charge in [0.2, 0.25) is 15.9 Å². The van der Waals surface area contributed by atoms with Crippen molar-refractivity contribution in [2.45, 2.75) is 30.8 Å². The second kappa shape index (κ2) is 10.8. The summed E-state index contributed by atoms with van der Waals surface area (Å²) >= 11 is 1.32. The molecule has 1 aliphatic rings. The molecule has 2 aromatic carbocycles. The normalized spacial score (nSPS) is 14.7. The van der Waals surface area contributed by atoms with E-state index in [1.54, 1.807) is 18.7 Å². The summed E-state index contributed by atoms with van der Waals surface area (Å²) < 4.78 is 34.7. The molecule has 1 aliphatic heterocycles. The number of piperazine rings is 1. The third-order valence-electron chi connectivity index (χ3n) is 7.21. The zero-order valence-corrected chi connectivity index (χ0v) is 24.5. The number of nitrogens with zero attached hydrogens (tertiary/aromatic N) is 6. The van der Waals surface area contributed by atoms with E-state index in [-0.39, 0.29) is 35.4 Å². The molecule has 0 atom stereocenters. The lowest BCUT2D eigenvalue weighted by Crippen LogP contribution is -2.51. The highest BCUT2D eigenvalue weighted by atomic mass is 32.2. The van der Waals surface area contributed by atoms with E-state index >= 15 is 0 Å². The van der Waals surface area contributed by atoms with E-state index < -0.39 is 10.0 Å². The molecule has 1 fully saturated rings. The SMILES string of the molecule is Cc1cccc(-n2c(SCC(=O)N3CCN(S(=O)(=O)c4c(C)noc4C)CC3)nnc2-c2c[nH]c3ccccc23)c1. The Bertz CT molecular complexity index is 1830. The van der Waals surface area contributed by atoms with Crippen LogP contribution in [0.25, 0.3) is 28.0 Å². The van der Waals surface area contributed by atoms with Gasteiger partial charge < -0.3 is 14.4 Å². The van der Waals surface area contributed by atoms with Gasteiger partial charge in [0.15, 0.2) is 16.7 Å². The molecule has 13 heteroatoms. The second-order valence-corrected chi connectivity index (χ2v) is 12.8. The molecule has 11 nitrogen and oxygen atoms in total. The minimum absolute atomic E-state index is 0.0863. The molecule has 1 saturated heterocycles. The summed E-state index contributed by atoms with van der Waals surface area (Å²) in [6.07, 6.45) is 1.93. The Labute approximate surface area is 241 Å². The van der Waals surface area contributed by atoms with Gasteiger partial charge in [-0.15, -0.1) is 10.2 Å². The predicted molar refractivity (Wildman–Crippen MR) is 155 cm³/mol. The minimum Gasteiger partial charge on any atom is -0.360 e. The summed E-state index contributed by atoms with van der Waals surface area (Å²) in [5.74, 6) is 1.01. The van der Waals surface area contributed by atoms with Crippen LogP contribution >= 0.6 is 11.8 Å². The number of aryl methyl sites for hydroxylation is 3. The quantitative estimate of drug-likeness (QED) is 0.282. The number of carbonyl (C=O) groups is 1. The summed E-state index contributed by atoms with van der Waals surface area (Å²) in [4.78, 5) is 18.3. The summed E-state index contributed by atoms with van der Waals surface area (Å²) in [5, 5.41) is 14.4. The van der Waals surface area contributed by atoms with Crippen molar-refractivity contribution in [3.63, 3.8) is 0 Å². The maximum Gasteiger partial charge on any atom is 0.248 e. The van der Waals surface area contributed by atoms with Crippen LogP contribution in [0, 0.1) is 20.8 Å². The van der Waals surface area contributed by atoms with E-state index in [4.69, 9.17) is 4.52 Å². The average Bonchev–Trinajstić information content (AvgIpc) is 3.68. The number of para-hydroxylation sites is 1. The fourth-order valence-electron chi connectivity index (χ4n) is 5.16. The molecule has 0 bridgehead atoms. The van der Waals surface area contributed by atoms with Gasteiger partial charge in [0, 0.05) is 54.5 Å². The Balaban J connectivity index is 1.20. The Morgan fingerprint density at radius 2 is 1.80 bits per heavy atom. The maximum atomic E-state index is 13.2. The molecule has 1 amide bonds. The molecular weight excluding hydrogens is 562 g/mol. The van der Waals surface area contributed by atoms with Crippen LogP contribution in [0.15, 0.2) is 69.3 Å². The molecular formula is C28H29N7O4S2. The lowest BCUT2D eigenvalue weighted by atomic mass is 10.1. The first-order valence-electron chi connectivity index (χ1n) is 13.2. The van der Waals surface area contributed by atoms with Gasteiger partial charge in [-0.3, -0.25) is 9.36 Å². The van der Waals surface area contributed by atoms with Crippen LogP contribution in [-0.4, -0.2) is 80.4 Å². The van der Waals surface area contributed by atoms with Crippen LogP contribution in [0.1, 0.15) is 17.0 Å². The number of sulfonamides is 1. The van der Waals surface area contributed by atoms with E-state index in [9.17, 15) is 13.2 Å². The van der Waals surface area contributed by atoms with E-state index in [1.807, 2.05) is 60.2 Å². The van der Waals surface area contributed by atoms with Gasteiger partial charge in [0.25, 0.3) is 0 Å². The van der Waals surface area contributed by atoms with Crippen molar-refractivity contribution < 1.29 is 17.7 Å². The average molecular weight is 592 g/mol. The lowest BCUT2D eigenvalue weighted by molar-refractivity contribution is -0.129. The van der Waals surface area contributed by atoms with Crippen LogP contribution in [0.3, 0.4) is 0 Å². The number of aromatic nitrogens is 5. The van der Waals surface area contributed by atoms with Crippen molar-refractivity contribution in [1.82, 2.24) is 34.1 Å². The van der Waals surface area contributed by atoms with Crippen molar-refractivity contribution in [1.29, 1.82) is 0 Å². The number of rotatable bonds is 7. The molecule has 4 heterocycles. The van der Waals surface area contributed by atoms with Gasteiger partial charge in [-0.2, -0.15) is 4.31 Å². The summed E-state index contributed by atoms with van der Waals surface area (Å²) in [7, 11) is -3.75. The van der Waals surface area contributed by atoms with Crippen LogP contribution in [0.5, 0.6) is 0 Å². The molecule has 0 aliphatic carbocycles. The molecule has 0 radical (unpaired) electrons. The van der Waals surface area contributed by atoms with Gasteiger partial charge in [-0.1, -0.05) is 47.3 Å². The topological polar surface area (TPSA) is 130 Å². The number of nitrogens with one attached hydrogen (secondary N) is 1. The van der Waals surface area contributed by atoms with E-state index in [1.165, 1.54) is 16.1 Å². The second-order valence-electron chi connectivity index (χ2n) is 9.96. The van der Waals surface area contributed by atoms with Crippen LogP contribution < -0.4 is 0 Å². The highest BCUT2D eigenvalue weighted by Gasteiger charge is 2.34. The summed E-state index contributed by atoms with van der Waals surface area (Å²) in [5.41, 5.74) is 4.26. The number of hydrogen-bond acceptors (Lipinski definition) is 8. The smallest absolute Gasteiger partial charge is 0.248 e. The van der Waals surface area contributed by atoms with E-state index in [2.05, 4.69) is 26.4 Å². The zero-order valence-electron chi connectivity index (χ0n) is 22.9. The Hall–Kier alpha value is -3.94. The fraction of sp³-hybridized carbons (Fsp3) is 0.286. The number of benzene rings is 2. The van der Waals surface area contributed by atoms with Crippen molar-refractivity contribution in [2.24, 2.45) is 0 Å². The summed E-state index contributed by atoms with van der Waals surface area (Å²) in [6.45, 7) is 6.23. The van der Waals surface area contributed by atoms with Crippen molar-refractivity contribution in [3.8, 4) is 17.1 Å². The van der Waals surface area contributed by atoms with Gasteiger partial charge in [-0.05, 0) is 44.5 Å². The van der Waals surface area contributed by atoms with E-state index in [0.29, 0.717) is 29.8 Å². The molecule has 6 rings (SSSR count). The lowest BCUT2D eigenvalue weighted by Gasteiger charge is -2.33. The first-order chi connectivity index (χ1) is 19.7. The number of amides is 1.